The lowest BCUT2D eigenvalue weighted by Crippen LogP contribution is -2.41. The second-order valence-corrected chi connectivity index (χ2v) is 7.44. The molecule has 126 valence electrons. The number of aromatic nitrogens is 2. The molecule has 1 saturated carbocycles. The molecule has 1 aliphatic carbocycles. The molecule has 1 saturated heterocycles. The van der Waals surface area contributed by atoms with Gasteiger partial charge in [-0.15, -0.1) is 0 Å². The fourth-order valence-corrected chi connectivity index (χ4v) is 3.98. The van der Waals surface area contributed by atoms with Crippen molar-refractivity contribution in [1.29, 1.82) is 0 Å². The van der Waals surface area contributed by atoms with Crippen LogP contribution in [0.2, 0.25) is 0 Å². The lowest BCUT2D eigenvalue weighted by Gasteiger charge is -2.33. The van der Waals surface area contributed by atoms with Crippen LogP contribution in [0.3, 0.4) is 0 Å². The topological polar surface area (TPSA) is 38.1 Å². The number of hydrogen-bond donors (Lipinski definition) is 0. The summed E-state index contributed by atoms with van der Waals surface area (Å²) >= 11 is 0. The Bertz CT molecular complexity index is 751. The van der Waals surface area contributed by atoms with Gasteiger partial charge in [0.25, 0.3) is 0 Å². The van der Waals surface area contributed by atoms with Gasteiger partial charge in [0, 0.05) is 25.2 Å². The standard InChI is InChI=1S/C20H25N3O/c1-14-5-3-6-16(9-14)18-10-19(18)20(24)22-8-4-7-17(13-22)23-12-15(2)11-21-23/h3,5-6,9,11-12,17-19H,4,7-8,10,13H2,1-2H3/t17-,18+,19-/m1/s1. The molecular weight excluding hydrogens is 298 g/mol. The maximum atomic E-state index is 12.9. The molecule has 0 radical (unpaired) electrons. The highest BCUT2D eigenvalue weighted by atomic mass is 16.2. The number of aryl methyl sites for hydroxylation is 2. The first-order valence-corrected chi connectivity index (χ1v) is 8.98. The maximum absolute atomic E-state index is 12.9. The first kappa shape index (κ1) is 15.4. The number of carbonyl (C=O) groups excluding carboxylic acids is 1. The van der Waals surface area contributed by atoms with Gasteiger partial charge in [0.05, 0.1) is 12.2 Å². The quantitative estimate of drug-likeness (QED) is 0.867. The number of benzene rings is 1. The molecule has 2 fully saturated rings. The van der Waals surface area contributed by atoms with Gasteiger partial charge in [-0.3, -0.25) is 9.48 Å². The number of amides is 1. The molecule has 0 N–H and O–H groups in total. The van der Waals surface area contributed by atoms with Crippen molar-refractivity contribution < 1.29 is 4.79 Å². The Kier molecular flexibility index (Phi) is 3.91. The van der Waals surface area contributed by atoms with Crippen LogP contribution in [0.5, 0.6) is 0 Å². The predicted molar refractivity (Wildman–Crippen MR) is 93.8 cm³/mol. The van der Waals surface area contributed by atoms with Gasteiger partial charge in [-0.25, -0.2) is 0 Å². The molecule has 4 nitrogen and oxygen atoms in total. The zero-order valence-electron chi connectivity index (χ0n) is 14.5. The summed E-state index contributed by atoms with van der Waals surface area (Å²) in [5.41, 5.74) is 3.78. The van der Waals surface area contributed by atoms with Crippen molar-refractivity contribution in [2.45, 2.75) is 45.1 Å². The highest BCUT2D eigenvalue weighted by Gasteiger charge is 2.46. The lowest BCUT2D eigenvalue weighted by molar-refractivity contribution is -0.134. The van der Waals surface area contributed by atoms with Crippen LogP contribution in [0.1, 0.15) is 47.9 Å². The summed E-state index contributed by atoms with van der Waals surface area (Å²) in [5, 5.41) is 4.44. The maximum Gasteiger partial charge on any atom is 0.226 e. The molecule has 1 aromatic carbocycles. The number of likely N-dealkylation sites (tertiary alicyclic amines) is 1. The minimum Gasteiger partial charge on any atom is -0.340 e. The van der Waals surface area contributed by atoms with E-state index in [4.69, 9.17) is 0 Å². The van der Waals surface area contributed by atoms with E-state index in [1.165, 1.54) is 16.7 Å². The highest BCUT2D eigenvalue weighted by molar-refractivity contribution is 5.83. The molecule has 4 rings (SSSR count). The lowest BCUT2D eigenvalue weighted by atomic mass is 10.0. The van der Waals surface area contributed by atoms with Crippen LogP contribution in [0.4, 0.5) is 0 Å². The minimum atomic E-state index is 0.185. The third-order valence-corrected chi connectivity index (χ3v) is 5.39. The number of rotatable bonds is 3. The summed E-state index contributed by atoms with van der Waals surface area (Å²) < 4.78 is 2.04. The fourth-order valence-electron chi connectivity index (χ4n) is 3.98. The molecule has 1 aliphatic heterocycles. The Balaban J connectivity index is 1.42. The number of hydrogen-bond acceptors (Lipinski definition) is 2. The van der Waals surface area contributed by atoms with E-state index in [1.807, 2.05) is 10.9 Å². The minimum absolute atomic E-state index is 0.185. The van der Waals surface area contributed by atoms with E-state index in [0.29, 0.717) is 17.9 Å². The summed E-state index contributed by atoms with van der Waals surface area (Å²) in [6, 6.07) is 8.93. The normalized spacial score (nSPS) is 26.4. The summed E-state index contributed by atoms with van der Waals surface area (Å²) in [7, 11) is 0. The van der Waals surface area contributed by atoms with Gasteiger partial charge in [-0.1, -0.05) is 29.8 Å². The van der Waals surface area contributed by atoms with Crippen molar-refractivity contribution in [3.63, 3.8) is 0 Å². The molecule has 1 aromatic heterocycles. The molecule has 3 atom stereocenters. The largest absolute Gasteiger partial charge is 0.340 e. The Morgan fingerprint density at radius 3 is 2.88 bits per heavy atom. The van der Waals surface area contributed by atoms with Gasteiger partial charge in [-0.05, 0) is 50.2 Å². The molecule has 0 bridgehead atoms. The van der Waals surface area contributed by atoms with E-state index in [2.05, 4.69) is 54.3 Å². The fraction of sp³-hybridized carbons (Fsp3) is 0.500. The van der Waals surface area contributed by atoms with E-state index < -0.39 is 0 Å². The molecule has 4 heteroatoms. The zero-order valence-corrected chi connectivity index (χ0v) is 14.5. The summed E-state index contributed by atoms with van der Waals surface area (Å²) in [5.74, 6) is 0.949. The first-order valence-electron chi connectivity index (χ1n) is 8.98. The Labute approximate surface area is 143 Å². The SMILES string of the molecule is Cc1cccc([C@@H]2C[C@H]2C(=O)N2CCC[C@@H](n3cc(C)cn3)C2)c1. The van der Waals surface area contributed by atoms with Crippen molar-refractivity contribution in [2.24, 2.45) is 5.92 Å². The number of piperidine rings is 1. The van der Waals surface area contributed by atoms with Gasteiger partial charge in [0.2, 0.25) is 5.91 Å². The number of carbonyl (C=O) groups is 1. The summed E-state index contributed by atoms with van der Waals surface area (Å²) in [6.07, 6.45) is 7.17. The first-order chi connectivity index (χ1) is 11.6. The second kappa shape index (κ2) is 6.08. The third-order valence-electron chi connectivity index (χ3n) is 5.39. The summed E-state index contributed by atoms with van der Waals surface area (Å²) in [6.45, 7) is 5.87. The van der Waals surface area contributed by atoms with Gasteiger partial charge in [-0.2, -0.15) is 5.10 Å². The molecule has 0 spiro atoms. The van der Waals surface area contributed by atoms with Crippen LogP contribution in [0.25, 0.3) is 0 Å². The van der Waals surface area contributed by atoms with E-state index in [1.54, 1.807) is 0 Å². The van der Waals surface area contributed by atoms with Crippen LogP contribution >= 0.6 is 0 Å². The molecular formula is C20H25N3O. The second-order valence-electron chi connectivity index (χ2n) is 7.44. The molecule has 24 heavy (non-hydrogen) atoms. The van der Waals surface area contributed by atoms with Crippen LogP contribution in [0, 0.1) is 19.8 Å². The highest BCUT2D eigenvalue weighted by Crippen LogP contribution is 2.49. The van der Waals surface area contributed by atoms with Crippen molar-refractivity contribution in [2.75, 3.05) is 13.1 Å². The average molecular weight is 323 g/mol. The smallest absolute Gasteiger partial charge is 0.226 e. The van der Waals surface area contributed by atoms with E-state index in [9.17, 15) is 4.79 Å². The molecule has 0 unspecified atom stereocenters. The van der Waals surface area contributed by atoms with E-state index in [0.717, 1.165) is 32.4 Å². The van der Waals surface area contributed by atoms with Crippen molar-refractivity contribution in [3.05, 3.63) is 53.3 Å². The Morgan fingerprint density at radius 2 is 2.12 bits per heavy atom. The molecule has 1 amide bonds. The molecule has 2 aliphatic rings. The monoisotopic (exact) mass is 323 g/mol. The zero-order chi connectivity index (χ0) is 16.7. The van der Waals surface area contributed by atoms with Gasteiger partial charge in [0.1, 0.15) is 0 Å². The average Bonchev–Trinajstić information content (AvgIpc) is 3.28. The van der Waals surface area contributed by atoms with Crippen molar-refractivity contribution in [3.8, 4) is 0 Å². The van der Waals surface area contributed by atoms with E-state index >= 15 is 0 Å². The van der Waals surface area contributed by atoms with Crippen LogP contribution < -0.4 is 0 Å². The van der Waals surface area contributed by atoms with Gasteiger partial charge < -0.3 is 4.90 Å². The molecule has 2 heterocycles. The van der Waals surface area contributed by atoms with Crippen LogP contribution in [0.15, 0.2) is 36.7 Å². The molecule has 2 aromatic rings. The van der Waals surface area contributed by atoms with E-state index in [-0.39, 0.29) is 5.92 Å². The van der Waals surface area contributed by atoms with Crippen molar-refractivity contribution >= 4 is 5.91 Å². The summed E-state index contributed by atoms with van der Waals surface area (Å²) in [4.78, 5) is 15.0. The van der Waals surface area contributed by atoms with Crippen molar-refractivity contribution in [1.82, 2.24) is 14.7 Å². The van der Waals surface area contributed by atoms with Crippen LogP contribution in [-0.2, 0) is 4.79 Å². The Hall–Kier alpha value is -2.10. The van der Waals surface area contributed by atoms with Gasteiger partial charge in [0.15, 0.2) is 0 Å². The van der Waals surface area contributed by atoms with Crippen LogP contribution in [-0.4, -0.2) is 33.7 Å². The van der Waals surface area contributed by atoms with Gasteiger partial charge >= 0.3 is 0 Å². The Morgan fingerprint density at radius 1 is 1.25 bits per heavy atom. The predicted octanol–water partition coefficient (Wildman–Crippen LogP) is 3.47. The number of nitrogens with zero attached hydrogens (tertiary/aromatic N) is 3. The third kappa shape index (κ3) is 2.97.